The number of nitrogens with zero attached hydrogens (tertiary/aromatic N) is 9. The molecule has 1 atom stereocenters. The Kier molecular flexibility index (Phi) is 10.4. The second-order valence-corrected chi connectivity index (χ2v) is 17.8. The Morgan fingerprint density at radius 3 is 2.39 bits per heavy atom. The average molecular weight is 853 g/mol. The number of aryl methyl sites for hydroxylation is 2. The number of hydrogen-bond donors (Lipinski definition) is 1. The number of aromatic nitrogens is 5. The number of anilines is 1. The van der Waals surface area contributed by atoms with Crippen molar-refractivity contribution in [1.29, 1.82) is 0 Å². The van der Waals surface area contributed by atoms with Gasteiger partial charge in [-0.15, -0.1) is 10.2 Å². The fraction of sp³-hybridized carbons (Fsp3) is 0.404. The molecule has 0 radical (unpaired) electrons. The van der Waals surface area contributed by atoms with Gasteiger partial charge in [0.05, 0.1) is 34.4 Å². The van der Waals surface area contributed by atoms with Crippen LogP contribution in [-0.2, 0) is 21.7 Å². The Morgan fingerprint density at radius 1 is 0.839 bits per heavy atom. The molecule has 14 nitrogen and oxygen atoms in total. The van der Waals surface area contributed by atoms with Gasteiger partial charge < -0.3 is 9.80 Å². The molecule has 1 N–H and O–H groups in total. The average Bonchev–Trinajstić information content (AvgIpc) is 3.62. The number of halogens is 1. The van der Waals surface area contributed by atoms with Crippen molar-refractivity contribution in [3.8, 4) is 16.8 Å². The molecule has 4 aliphatic heterocycles. The maximum absolute atomic E-state index is 13.7. The van der Waals surface area contributed by atoms with Crippen LogP contribution in [0.5, 0.6) is 0 Å². The molecular formula is C47H49ClN10O4. The first-order valence-corrected chi connectivity index (χ1v) is 22.2. The third-order valence-corrected chi connectivity index (χ3v) is 13.6. The molecule has 1 aliphatic carbocycles. The van der Waals surface area contributed by atoms with Gasteiger partial charge in [0.1, 0.15) is 17.4 Å². The van der Waals surface area contributed by atoms with E-state index in [2.05, 4.69) is 61.3 Å². The summed E-state index contributed by atoms with van der Waals surface area (Å²) >= 11 is 6.30. The number of fused-ring (bicyclic) bond motifs is 5. The molecule has 15 heteroatoms. The van der Waals surface area contributed by atoms with E-state index in [1.165, 1.54) is 0 Å². The van der Waals surface area contributed by atoms with E-state index in [1.54, 1.807) is 12.1 Å². The first-order valence-electron chi connectivity index (χ1n) is 21.8. The molecule has 10 rings (SSSR count). The highest BCUT2D eigenvalue weighted by atomic mass is 35.5. The Labute approximate surface area is 364 Å². The lowest BCUT2D eigenvalue weighted by Gasteiger charge is -2.38. The summed E-state index contributed by atoms with van der Waals surface area (Å²) in [4.78, 5) is 62.4. The van der Waals surface area contributed by atoms with Crippen molar-refractivity contribution in [2.24, 2.45) is 4.99 Å². The van der Waals surface area contributed by atoms with Crippen LogP contribution in [0.1, 0.15) is 108 Å². The van der Waals surface area contributed by atoms with Crippen LogP contribution < -0.4 is 10.2 Å². The molecule has 5 aliphatic rings. The topological polar surface area (TPSA) is 151 Å². The van der Waals surface area contributed by atoms with Crippen molar-refractivity contribution in [2.45, 2.75) is 95.3 Å². The van der Waals surface area contributed by atoms with Gasteiger partial charge in [0.15, 0.2) is 5.82 Å². The van der Waals surface area contributed by atoms with Crippen LogP contribution in [0.4, 0.5) is 5.69 Å². The van der Waals surface area contributed by atoms with Crippen LogP contribution in [0.15, 0.2) is 78.0 Å². The van der Waals surface area contributed by atoms with Crippen LogP contribution >= 0.6 is 11.6 Å². The van der Waals surface area contributed by atoms with Crippen LogP contribution in [0.25, 0.3) is 16.8 Å². The maximum atomic E-state index is 13.7. The molecule has 0 bridgehead atoms. The molecule has 2 aromatic heterocycles. The largest absolute Gasteiger partial charge is 0.371 e. The number of aliphatic imine (C=N–C) groups is 1. The zero-order chi connectivity index (χ0) is 42.7. The van der Waals surface area contributed by atoms with E-state index < -0.39 is 23.8 Å². The molecule has 2 saturated heterocycles. The number of carbonyl (C=O) groups excluding carboxylic acids is 4. The number of benzene rings is 3. The normalized spacial score (nSPS) is 19.4. The molecule has 3 aromatic carbocycles. The van der Waals surface area contributed by atoms with Gasteiger partial charge in [0, 0.05) is 60.0 Å². The Morgan fingerprint density at radius 2 is 1.61 bits per heavy atom. The molecule has 318 valence electrons. The van der Waals surface area contributed by atoms with E-state index in [9.17, 15) is 19.2 Å². The molecule has 1 unspecified atom stereocenters. The lowest BCUT2D eigenvalue weighted by Crippen LogP contribution is -2.54. The van der Waals surface area contributed by atoms with Gasteiger partial charge in [-0.25, -0.2) is 0 Å². The van der Waals surface area contributed by atoms with E-state index in [0.717, 1.165) is 133 Å². The van der Waals surface area contributed by atoms with Crippen molar-refractivity contribution in [3.63, 3.8) is 0 Å². The summed E-state index contributed by atoms with van der Waals surface area (Å²) in [7, 11) is 2.20. The number of amides is 4. The Hall–Kier alpha value is -5.99. The second kappa shape index (κ2) is 16.0. The monoisotopic (exact) mass is 852 g/mol. The van der Waals surface area contributed by atoms with Gasteiger partial charge >= 0.3 is 0 Å². The summed E-state index contributed by atoms with van der Waals surface area (Å²) in [6.07, 6.45) is 12.5. The highest BCUT2D eigenvalue weighted by molar-refractivity contribution is 6.31. The van der Waals surface area contributed by atoms with E-state index in [-0.39, 0.29) is 24.3 Å². The third-order valence-electron chi connectivity index (χ3n) is 13.4. The maximum Gasteiger partial charge on any atom is 0.264 e. The summed E-state index contributed by atoms with van der Waals surface area (Å²) in [5.74, 6) is -0.152. The first kappa shape index (κ1) is 40.1. The Bertz CT molecular complexity index is 2640. The van der Waals surface area contributed by atoms with Gasteiger partial charge in [0.2, 0.25) is 11.8 Å². The van der Waals surface area contributed by atoms with Crippen LogP contribution in [-0.4, -0.2) is 102 Å². The molecule has 1 spiro atoms. The molecule has 6 heterocycles. The fourth-order valence-electron chi connectivity index (χ4n) is 9.77. The molecule has 3 fully saturated rings. The number of piperidine rings is 2. The minimum absolute atomic E-state index is 0.0974. The first-order chi connectivity index (χ1) is 30.1. The quantitative estimate of drug-likeness (QED) is 0.110. The molecule has 1 saturated carbocycles. The SMILES string of the molecule is Cc1nnc2n1-c1ccc(-c3cnn(CCCCCCN(C)C4CCN(c5cccc6c5C(=O)N(C5CCC(=O)NC5=O)C6=O)CC4)c3)cc1C(c1ccc(Cl)cc1)=NC21CC1. The van der Waals surface area contributed by atoms with Gasteiger partial charge in [0.25, 0.3) is 11.8 Å². The van der Waals surface area contributed by atoms with Crippen molar-refractivity contribution in [2.75, 3.05) is 31.6 Å². The van der Waals surface area contributed by atoms with E-state index >= 15 is 0 Å². The third kappa shape index (κ3) is 7.22. The number of nitrogens with one attached hydrogen (secondary N) is 1. The van der Waals surface area contributed by atoms with Crippen molar-refractivity contribution in [3.05, 3.63) is 112 Å². The highest BCUT2D eigenvalue weighted by Crippen LogP contribution is 2.52. The lowest BCUT2D eigenvalue weighted by atomic mass is 9.96. The van der Waals surface area contributed by atoms with Gasteiger partial charge in [-0.1, -0.05) is 48.7 Å². The predicted octanol–water partition coefficient (Wildman–Crippen LogP) is 6.50. The lowest BCUT2D eigenvalue weighted by molar-refractivity contribution is -0.136. The van der Waals surface area contributed by atoms with Crippen molar-refractivity contribution in [1.82, 2.24) is 39.7 Å². The number of hydrogen-bond acceptors (Lipinski definition) is 10. The number of unbranched alkanes of at least 4 members (excludes halogenated alkanes) is 3. The number of rotatable bonds is 12. The summed E-state index contributed by atoms with van der Waals surface area (Å²) in [6.45, 7) is 5.40. The smallest absolute Gasteiger partial charge is 0.264 e. The highest BCUT2D eigenvalue weighted by Gasteiger charge is 2.51. The summed E-state index contributed by atoms with van der Waals surface area (Å²) in [5, 5.41) is 16.8. The van der Waals surface area contributed by atoms with Crippen molar-refractivity contribution >= 4 is 46.6 Å². The van der Waals surface area contributed by atoms with E-state index in [4.69, 9.17) is 21.7 Å². The second-order valence-electron chi connectivity index (χ2n) is 17.4. The summed E-state index contributed by atoms with van der Waals surface area (Å²) < 4.78 is 4.23. The number of carbonyl (C=O) groups is 4. The minimum Gasteiger partial charge on any atom is -0.371 e. The van der Waals surface area contributed by atoms with Gasteiger partial charge in [-0.3, -0.25) is 43.6 Å². The molecule has 5 aromatic rings. The van der Waals surface area contributed by atoms with Crippen molar-refractivity contribution < 1.29 is 19.2 Å². The van der Waals surface area contributed by atoms with Crippen LogP contribution in [0, 0.1) is 6.92 Å². The van der Waals surface area contributed by atoms with Gasteiger partial charge in [-0.05, 0) is 107 Å². The molecule has 62 heavy (non-hydrogen) atoms. The fourth-order valence-corrected chi connectivity index (χ4v) is 9.90. The molecular weight excluding hydrogens is 804 g/mol. The number of imide groups is 2. The minimum atomic E-state index is -0.973. The van der Waals surface area contributed by atoms with Gasteiger partial charge in [-0.2, -0.15) is 5.10 Å². The standard InChI is InChI=1S/C47H49ClN10O4/c1-29-52-53-46-47(20-21-47)51-42(30-10-13-33(48)14-11-30)36-26-31(12-15-37(36)57(29)46)32-27-49-56(28-32)23-6-4-3-5-22-54(2)34-18-24-55(25-19-34)38-9-7-8-35-41(38)45(62)58(44(35)61)39-16-17-40(59)50-43(39)60/h7-15,26-28,34,39H,3-6,16-25H2,1-2H3,(H,50,59,60). The van der Waals surface area contributed by atoms with Crippen LogP contribution in [0.2, 0.25) is 5.02 Å². The zero-order valence-electron chi connectivity index (χ0n) is 35.0. The Balaban J connectivity index is 0.716. The van der Waals surface area contributed by atoms with E-state index in [1.807, 2.05) is 48.1 Å². The van der Waals surface area contributed by atoms with E-state index in [0.29, 0.717) is 22.2 Å². The van der Waals surface area contributed by atoms with Crippen LogP contribution in [0.3, 0.4) is 0 Å². The summed E-state index contributed by atoms with van der Waals surface area (Å²) in [5.41, 5.74) is 7.24. The predicted molar refractivity (Wildman–Crippen MR) is 235 cm³/mol. The summed E-state index contributed by atoms with van der Waals surface area (Å²) in [6, 6.07) is 19.3. The molecule has 4 amide bonds. The zero-order valence-corrected chi connectivity index (χ0v) is 35.8.